The molecule has 2 aromatic carbocycles. The van der Waals surface area contributed by atoms with Crippen LogP contribution in [0.4, 0.5) is 0 Å². The smallest absolute Gasteiger partial charge is 0.253 e. The Hall–Kier alpha value is -2.38. The maximum Gasteiger partial charge on any atom is 0.253 e. The largest absolute Gasteiger partial charge is 0.352 e. The first-order valence-corrected chi connectivity index (χ1v) is 13.2. The van der Waals surface area contributed by atoms with Gasteiger partial charge in [-0.25, -0.2) is 8.42 Å². The van der Waals surface area contributed by atoms with Crippen LogP contribution in [0.25, 0.3) is 0 Å². The zero-order valence-corrected chi connectivity index (χ0v) is 19.7. The fraction of sp³-hybridized carbons (Fsp3) is 0.417. The number of nitrogens with one attached hydrogen (secondary N) is 2. The molecular formula is C24H29ClN2O4S. The molecule has 2 aromatic rings. The molecule has 6 nitrogen and oxygen atoms in total. The number of rotatable bonds is 8. The van der Waals surface area contributed by atoms with E-state index in [4.69, 9.17) is 11.6 Å². The van der Waals surface area contributed by atoms with Crippen LogP contribution in [0.5, 0.6) is 0 Å². The molecule has 0 spiro atoms. The summed E-state index contributed by atoms with van der Waals surface area (Å²) in [5.74, 6) is -0.589. The second-order valence-corrected chi connectivity index (χ2v) is 11.1. The van der Waals surface area contributed by atoms with E-state index in [0.29, 0.717) is 5.92 Å². The van der Waals surface area contributed by atoms with Crippen LogP contribution in [0, 0.1) is 0 Å². The third-order valence-corrected chi connectivity index (χ3v) is 7.17. The standard InChI is InChI=1S/C24H29ClN2O4S/c1-32(30,31)16-15-22(27-23(28)20-9-5-6-10-21(20)25)24(29)26-19-13-11-18(12-14-19)17-7-3-2-4-8-17/h2-10,18-19,22H,11-16H2,1H3,(H,26,29)(H,27,28). The molecule has 8 heteroatoms. The van der Waals surface area contributed by atoms with Gasteiger partial charge in [-0.2, -0.15) is 0 Å². The Morgan fingerprint density at radius 2 is 1.62 bits per heavy atom. The molecule has 3 rings (SSSR count). The summed E-state index contributed by atoms with van der Waals surface area (Å²) in [7, 11) is -3.29. The minimum atomic E-state index is -3.29. The summed E-state index contributed by atoms with van der Waals surface area (Å²) in [5.41, 5.74) is 1.56. The SMILES string of the molecule is CS(=O)(=O)CCC(NC(=O)c1ccccc1Cl)C(=O)NC1CCC(c2ccccc2)CC1. The molecule has 2 amide bonds. The monoisotopic (exact) mass is 476 g/mol. The molecule has 2 N–H and O–H groups in total. The lowest BCUT2D eigenvalue weighted by Gasteiger charge is -2.30. The summed E-state index contributed by atoms with van der Waals surface area (Å²) in [6.45, 7) is 0. The Morgan fingerprint density at radius 1 is 1.00 bits per heavy atom. The van der Waals surface area contributed by atoms with Crippen LogP contribution in [0.3, 0.4) is 0 Å². The van der Waals surface area contributed by atoms with Crippen LogP contribution in [-0.4, -0.2) is 44.3 Å². The van der Waals surface area contributed by atoms with Crippen LogP contribution >= 0.6 is 11.6 Å². The minimum Gasteiger partial charge on any atom is -0.352 e. The van der Waals surface area contributed by atoms with Crippen molar-refractivity contribution in [2.24, 2.45) is 0 Å². The zero-order valence-electron chi connectivity index (χ0n) is 18.1. The Labute approximate surface area is 194 Å². The Bertz CT molecular complexity index is 1030. The molecule has 1 aliphatic carbocycles. The predicted molar refractivity (Wildman–Crippen MR) is 127 cm³/mol. The molecule has 0 aromatic heterocycles. The van der Waals surface area contributed by atoms with Gasteiger partial charge in [0.25, 0.3) is 5.91 Å². The zero-order chi connectivity index (χ0) is 23.1. The Kier molecular flexibility index (Phi) is 8.32. The van der Waals surface area contributed by atoms with Crippen LogP contribution in [0.1, 0.15) is 53.9 Å². The summed E-state index contributed by atoms with van der Waals surface area (Å²) in [4.78, 5) is 25.6. The van der Waals surface area contributed by atoms with Crippen LogP contribution in [0.15, 0.2) is 54.6 Å². The minimum absolute atomic E-state index is 0.000218. The van der Waals surface area contributed by atoms with Gasteiger partial charge in [0, 0.05) is 12.3 Å². The van der Waals surface area contributed by atoms with Crippen LogP contribution in [-0.2, 0) is 14.6 Å². The van der Waals surface area contributed by atoms with Gasteiger partial charge < -0.3 is 10.6 Å². The number of halogens is 1. The highest BCUT2D eigenvalue weighted by atomic mass is 35.5. The van der Waals surface area contributed by atoms with Crippen molar-refractivity contribution in [2.75, 3.05) is 12.0 Å². The molecule has 172 valence electrons. The number of sulfone groups is 1. The highest BCUT2D eigenvalue weighted by molar-refractivity contribution is 7.90. The summed E-state index contributed by atoms with van der Waals surface area (Å²) < 4.78 is 23.3. The third kappa shape index (κ3) is 7.07. The van der Waals surface area contributed by atoms with Gasteiger partial charge in [-0.15, -0.1) is 0 Å². The van der Waals surface area contributed by atoms with Crippen molar-refractivity contribution in [3.05, 3.63) is 70.7 Å². The van der Waals surface area contributed by atoms with E-state index < -0.39 is 21.8 Å². The van der Waals surface area contributed by atoms with Gasteiger partial charge in [0.1, 0.15) is 15.9 Å². The van der Waals surface area contributed by atoms with Crippen molar-refractivity contribution in [1.82, 2.24) is 10.6 Å². The van der Waals surface area contributed by atoms with Gasteiger partial charge in [-0.1, -0.05) is 54.1 Å². The van der Waals surface area contributed by atoms with Crippen molar-refractivity contribution in [3.63, 3.8) is 0 Å². The molecule has 1 saturated carbocycles. The third-order valence-electron chi connectivity index (χ3n) is 5.86. The van der Waals surface area contributed by atoms with Gasteiger partial charge in [-0.05, 0) is 55.7 Å². The summed E-state index contributed by atoms with van der Waals surface area (Å²) >= 11 is 6.09. The molecule has 1 fully saturated rings. The molecule has 0 saturated heterocycles. The number of hydrogen-bond acceptors (Lipinski definition) is 4. The van der Waals surface area contributed by atoms with Crippen molar-refractivity contribution >= 4 is 33.3 Å². The first-order valence-electron chi connectivity index (χ1n) is 10.8. The quantitative estimate of drug-likeness (QED) is 0.607. The van der Waals surface area contributed by atoms with Crippen molar-refractivity contribution < 1.29 is 18.0 Å². The first kappa shape index (κ1) is 24.3. The first-order chi connectivity index (χ1) is 15.2. The molecule has 0 radical (unpaired) electrons. The molecule has 32 heavy (non-hydrogen) atoms. The molecule has 0 aliphatic heterocycles. The molecular weight excluding hydrogens is 448 g/mol. The highest BCUT2D eigenvalue weighted by Crippen LogP contribution is 2.32. The van der Waals surface area contributed by atoms with E-state index in [9.17, 15) is 18.0 Å². The van der Waals surface area contributed by atoms with E-state index in [0.717, 1.165) is 31.9 Å². The molecule has 1 aliphatic rings. The lowest BCUT2D eigenvalue weighted by Crippen LogP contribution is -2.50. The number of carbonyl (C=O) groups is 2. The number of amides is 2. The van der Waals surface area contributed by atoms with Gasteiger partial charge in [-0.3, -0.25) is 9.59 Å². The maximum absolute atomic E-state index is 13.0. The highest BCUT2D eigenvalue weighted by Gasteiger charge is 2.28. The molecule has 0 bridgehead atoms. The van der Waals surface area contributed by atoms with Crippen LogP contribution in [0.2, 0.25) is 5.02 Å². The summed E-state index contributed by atoms with van der Waals surface area (Å²) in [6.07, 6.45) is 4.72. The Balaban J connectivity index is 1.62. The van der Waals surface area contributed by atoms with E-state index in [1.165, 1.54) is 5.56 Å². The van der Waals surface area contributed by atoms with Gasteiger partial charge in [0.2, 0.25) is 5.91 Å². The van der Waals surface area contributed by atoms with Crippen molar-refractivity contribution in [3.8, 4) is 0 Å². The average Bonchev–Trinajstić information content (AvgIpc) is 2.77. The average molecular weight is 477 g/mol. The van der Waals surface area contributed by atoms with Crippen molar-refractivity contribution in [1.29, 1.82) is 0 Å². The second-order valence-electron chi connectivity index (χ2n) is 8.39. The maximum atomic E-state index is 13.0. The van der Waals surface area contributed by atoms with E-state index in [1.54, 1.807) is 24.3 Å². The van der Waals surface area contributed by atoms with Crippen molar-refractivity contribution in [2.45, 2.75) is 50.1 Å². The fourth-order valence-corrected chi connectivity index (χ4v) is 4.97. The fourth-order valence-electron chi connectivity index (χ4n) is 4.08. The van der Waals surface area contributed by atoms with Crippen LogP contribution < -0.4 is 10.6 Å². The number of carbonyl (C=O) groups excluding carboxylic acids is 2. The summed E-state index contributed by atoms with van der Waals surface area (Å²) in [6, 6.07) is 15.9. The van der Waals surface area contributed by atoms with E-state index in [1.807, 2.05) is 18.2 Å². The molecule has 1 atom stereocenters. The predicted octanol–water partition coefficient (Wildman–Crippen LogP) is 3.72. The van der Waals surface area contributed by atoms with E-state index in [2.05, 4.69) is 22.8 Å². The van der Waals surface area contributed by atoms with Gasteiger partial charge in [0.05, 0.1) is 16.3 Å². The molecule has 1 unspecified atom stereocenters. The topological polar surface area (TPSA) is 92.3 Å². The van der Waals surface area contributed by atoms with Gasteiger partial charge in [0.15, 0.2) is 0 Å². The lowest BCUT2D eigenvalue weighted by atomic mass is 9.81. The van der Waals surface area contributed by atoms with Gasteiger partial charge >= 0.3 is 0 Å². The lowest BCUT2D eigenvalue weighted by molar-refractivity contribution is -0.124. The Morgan fingerprint density at radius 3 is 2.25 bits per heavy atom. The number of hydrogen-bond donors (Lipinski definition) is 2. The van der Waals surface area contributed by atoms with E-state index in [-0.39, 0.29) is 34.7 Å². The second kappa shape index (κ2) is 11.0. The normalized spacial score (nSPS) is 19.7. The molecule has 0 heterocycles. The number of benzene rings is 2. The van der Waals surface area contributed by atoms with E-state index >= 15 is 0 Å². The summed E-state index contributed by atoms with van der Waals surface area (Å²) in [5, 5.41) is 5.96.